The number of benzene rings is 1. The topological polar surface area (TPSA) is 52.9 Å². The summed E-state index contributed by atoms with van der Waals surface area (Å²) in [6.07, 6.45) is 0. The maximum absolute atomic E-state index is 11.3. The van der Waals surface area contributed by atoms with E-state index in [9.17, 15) is 4.79 Å². The van der Waals surface area contributed by atoms with Gasteiger partial charge in [-0.2, -0.15) is 5.26 Å². The molecule has 1 N–H and O–H groups in total. The SMILES string of the molecule is CNC(=O)c1ccccc1SC#N. The third-order valence-corrected chi connectivity index (χ3v) is 2.18. The van der Waals surface area contributed by atoms with Gasteiger partial charge in [0.2, 0.25) is 0 Å². The van der Waals surface area contributed by atoms with Crippen LogP contribution in [0.2, 0.25) is 0 Å². The Bertz CT molecular complexity index is 357. The predicted octanol–water partition coefficient (Wildman–Crippen LogP) is 1.62. The highest BCUT2D eigenvalue weighted by atomic mass is 32.2. The van der Waals surface area contributed by atoms with Crippen molar-refractivity contribution in [1.29, 1.82) is 5.26 Å². The molecule has 0 unspecified atom stereocenters. The van der Waals surface area contributed by atoms with Crippen LogP contribution in [-0.4, -0.2) is 13.0 Å². The second-order valence-corrected chi connectivity index (χ2v) is 3.10. The van der Waals surface area contributed by atoms with Gasteiger partial charge in [-0.3, -0.25) is 4.79 Å². The second-order valence-electron chi connectivity index (χ2n) is 2.27. The number of thioether (sulfide) groups is 1. The van der Waals surface area contributed by atoms with Crippen LogP contribution in [0, 0.1) is 10.7 Å². The maximum atomic E-state index is 11.3. The minimum absolute atomic E-state index is 0.168. The number of hydrogen-bond acceptors (Lipinski definition) is 3. The molecule has 0 atom stereocenters. The molecule has 0 radical (unpaired) electrons. The Hall–Kier alpha value is -1.47. The maximum Gasteiger partial charge on any atom is 0.252 e. The van der Waals surface area contributed by atoms with Crippen LogP contribution < -0.4 is 5.32 Å². The van der Waals surface area contributed by atoms with Crippen molar-refractivity contribution in [3.05, 3.63) is 29.8 Å². The lowest BCUT2D eigenvalue weighted by molar-refractivity contribution is 0.0960. The number of amides is 1. The van der Waals surface area contributed by atoms with Crippen molar-refractivity contribution in [2.75, 3.05) is 7.05 Å². The van der Waals surface area contributed by atoms with Gasteiger partial charge in [-0.15, -0.1) is 0 Å². The first-order valence-electron chi connectivity index (χ1n) is 3.66. The molecule has 0 saturated heterocycles. The summed E-state index contributed by atoms with van der Waals surface area (Å²) in [5.74, 6) is -0.168. The molecule has 0 aliphatic carbocycles. The zero-order valence-electron chi connectivity index (χ0n) is 7.07. The Kier molecular flexibility index (Phi) is 3.35. The van der Waals surface area contributed by atoms with Crippen molar-refractivity contribution in [3.8, 4) is 5.40 Å². The first-order chi connectivity index (χ1) is 6.29. The molecular weight excluding hydrogens is 184 g/mol. The average Bonchev–Trinajstić information content (AvgIpc) is 2.18. The van der Waals surface area contributed by atoms with Crippen LogP contribution in [0.4, 0.5) is 0 Å². The molecular formula is C9H8N2OS. The summed E-state index contributed by atoms with van der Waals surface area (Å²) in [5.41, 5.74) is 0.538. The van der Waals surface area contributed by atoms with Gasteiger partial charge in [0, 0.05) is 11.9 Å². The minimum atomic E-state index is -0.168. The van der Waals surface area contributed by atoms with E-state index in [-0.39, 0.29) is 5.91 Å². The second kappa shape index (κ2) is 4.53. The number of carbonyl (C=O) groups excluding carboxylic acids is 1. The number of nitrogens with one attached hydrogen (secondary N) is 1. The Labute approximate surface area is 80.8 Å². The molecule has 0 bridgehead atoms. The fourth-order valence-corrected chi connectivity index (χ4v) is 1.44. The van der Waals surface area contributed by atoms with E-state index in [1.807, 2.05) is 5.40 Å². The van der Waals surface area contributed by atoms with Crippen molar-refractivity contribution in [2.24, 2.45) is 0 Å². The highest BCUT2D eigenvalue weighted by molar-refractivity contribution is 8.03. The molecule has 0 saturated carbocycles. The van der Waals surface area contributed by atoms with Gasteiger partial charge in [0.15, 0.2) is 0 Å². The van der Waals surface area contributed by atoms with Gasteiger partial charge in [0.1, 0.15) is 5.40 Å². The predicted molar refractivity (Wildman–Crippen MR) is 51.3 cm³/mol. The molecule has 4 heteroatoms. The van der Waals surface area contributed by atoms with E-state index in [4.69, 9.17) is 5.26 Å². The third kappa shape index (κ3) is 2.23. The molecule has 1 aromatic carbocycles. The Morgan fingerprint density at radius 2 is 2.23 bits per heavy atom. The largest absolute Gasteiger partial charge is 0.355 e. The highest BCUT2D eigenvalue weighted by Gasteiger charge is 2.08. The summed E-state index contributed by atoms with van der Waals surface area (Å²) >= 11 is 0.990. The van der Waals surface area contributed by atoms with Crippen molar-refractivity contribution in [1.82, 2.24) is 5.32 Å². The summed E-state index contributed by atoms with van der Waals surface area (Å²) in [6, 6.07) is 7.01. The molecule has 1 rings (SSSR count). The van der Waals surface area contributed by atoms with Crippen LogP contribution in [0.15, 0.2) is 29.2 Å². The number of nitrogens with zero attached hydrogens (tertiary/aromatic N) is 1. The Morgan fingerprint density at radius 1 is 1.54 bits per heavy atom. The quantitative estimate of drug-likeness (QED) is 0.572. The van der Waals surface area contributed by atoms with E-state index in [1.54, 1.807) is 31.3 Å². The van der Waals surface area contributed by atoms with E-state index in [0.717, 1.165) is 11.8 Å². The van der Waals surface area contributed by atoms with E-state index >= 15 is 0 Å². The Balaban J connectivity index is 3.05. The van der Waals surface area contributed by atoms with Crippen LogP contribution in [0.25, 0.3) is 0 Å². The van der Waals surface area contributed by atoms with E-state index in [2.05, 4.69) is 5.32 Å². The number of carbonyl (C=O) groups is 1. The zero-order valence-corrected chi connectivity index (χ0v) is 7.89. The zero-order chi connectivity index (χ0) is 9.68. The molecule has 0 spiro atoms. The van der Waals surface area contributed by atoms with Crippen LogP contribution in [0.1, 0.15) is 10.4 Å². The normalized spacial score (nSPS) is 8.92. The van der Waals surface area contributed by atoms with Gasteiger partial charge in [-0.05, 0) is 23.9 Å². The summed E-state index contributed by atoms with van der Waals surface area (Å²) < 4.78 is 0. The smallest absolute Gasteiger partial charge is 0.252 e. The van der Waals surface area contributed by atoms with Gasteiger partial charge in [-0.1, -0.05) is 12.1 Å². The first-order valence-corrected chi connectivity index (χ1v) is 4.48. The lowest BCUT2D eigenvalue weighted by Crippen LogP contribution is -2.18. The molecule has 0 aromatic heterocycles. The van der Waals surface area contributed by atoms with Crippen molar-refractivity contribution in [3.63, 3.8) is 0 Å². The van der Waals surface area contributed by atoms with E-state index in [1.165, 1.54) is 0 Å². The van der Waals surface area contributed by atoms with Crippen LogP contribution in [0.3, 0.4) is 0 Å². The van der Waals surface area contributed by atoms with Gasteiger partial charge in [0.25, 0.3) is 5.91 Å². The standard InChI is InChI=1S/C9H8N2OS/c1-11-9(12)7-4-2-3-5-8(7)13-6-10/h2-5H,1H3,(H,11,12). The van der Waals surface area contributed by atoms with E-state index in [0.29, 0.717) is 10.5 Å². The summed E-state index contributed by atoms with van der Waals surface area (Å²) in [6.45, 7) is 0. The molecule has 3 nitrogen and oxygen atoms in total. The van der Waals surface area contributed by atoms with Gasteiger partial charge in [-0.25, -0.2) is 0 Å². The number of rotatable bonds is 2. The Morgan fingerprint density at radius 3 is 2.85 bits per heavy atom. The molecule has 0 aliphatic rings. The molecule has 66 valence electrons. The van der Waals surface area contributed by atoms with Gasteiger partial charge in [0.05, 0.1) is 5.56 Å². The fraction of sp³-hybridized carbons (Fsp3) is 0.111. The molecule has 0 fully saturated rings. The average molecular weight is 192 g/mol. The van der Waals surface area contributed by atoms with Crippen molar-refractivity contribution < 1.29 is 4.79 Å². The summed E-state index contributed by atoms with van der Waals surface area (Å²) in [4.78, 5) is 12.0. The molecule has 1 aromatic rings. The summed E-state index contributed by atoms with van der Waals surface area (Å²) in [5, 5.41) is 12.9. The van der Waals surface area contributed by atoms with Crippen LogP contribution >= 0.6 is 11.8 Å². The third-order valence-electron chi connectivity index (χ3n) is 1.51. The van der Waals surface area contributed by atoms with Gasteiger partial charge < -0.3 is 5.32 Å². The number of hydrogen-bond donors (Lipinski definition) is 1. The number of thiocyanates is 1. The van der Waals surface area contributed by atoms with Crippen molar-refractivity contribution in [2.45, 2.75) is 4.90 Å². The first kappa shape index (κ1) is 9.62. The number of nitriles is 1. The summed E-state index contributed by atoms with van der Waals surface area (Å²) in [7, 11) is 1.57. The van der Waals surface area contributed by atoms with Crippen LogP contribution in [0.5, 0.6) is 0 Å². The van der Waals surface area contributed by atoms with Gasteiger partial charge >= 0.3 is 0 Å². The minimum Gasteiger partial charge on any atom is -0.355 e. The monoisotopic (exact) mass is 192 g/mol. The lowest BCUT2D eigenvalue weighted by Gasteiger charge is -2.02. The fourth-order valence-electron chi connectivity index (χ4n) is 0.927. The lowest BCUT2D eigenvalue weighted by atomic mass is 10.2. The highest BCUT2D eigenvalue weighted by Crippen LogP contribution is 2.20. The van der Waals surface area contributed by atoms with E-state index < -0.39 is 0 Å². The molecule has 0 heterocycles. The molecule has 13 heavy (non-hydrogen) atoms. The van der Waals surface area contributed by atoms with Crippen molar-refractivity contribution >= 4 is 17.7 Å². The molecule has 0 aliphatic heterocycles. The molecule has 1 amide bonds. The van der Waals surface area contributed by atoms with Crippen LogP contribution in [-0.2, 0) is 0 Å².